The second kappa shape index (κ2) is 11.2. The molecular weight excluding hydrogens is 486 g/mol. The van der Waals surface area contributed by atoms with Crippen LogP contribution in [0.4, 0.5) is 0 Å². The topological polar surface area (TPSA) is 64.4 Å². The predicted octanol–water partition coefficient (Wildman–Crippen LogP) is 5.67. The Hall–Kier alpha value is -3.64. The number of nitrogens with zero attached hydrogens (tertiary/aromatic N) is 3. The third kappa shape index (κ3) is 5.39. The van der Waals surface area contributed by atoms with E-state index in [0.29, 0.717) is 31.1 Å². The van der Waals surface area contributed by atoms with Crippen LogP contribution in [0.5, 0.6) is 0 Å². The summed E-state index contributed by atoms with van der Waals surface area (Å²) in [7, 11) is 0. The largest absolute Gasteiger partial charge is 0.466 e. The van der Waals surface area contributed by atoms with Crippen molar-refractivity contribution in [1.82, 2.24) is 14.5 Å². The Morgan fingerprint density at radius 2 is 1.84 bits per heavy atom. The highest BCUT2D eigenvalue weighted by atomic mass is 35.5. The molecule has 0 N–H and O–H groups in total. The Bertz CT molecular complexity index is 1400. The number of rotatable bonds is 7. The summed E-state index contributed by atoms with van der Waals surface area (Å²) in [4.78, 5) is 33.6. The molecule has 5 rings (SSSR count). The highest BCUT2D eigenvalue weighted by Gasteiger charge is 2.35. The number of piperidine rings is 1. The average molecular weight is 516 g/mol. The Kier molecular flexibility index (Phi) is 7.56. The zero-order valence-electron chi connectivity index (χ0n) is 20.8. The van der Waals surface area contributed by atoms with Gasteiger partial charge in [0.1, 0.15) is 11.9 Å². The first-order valence-electron chi connectivity index (χ1n) is 12.8. The molecule has 0 radical (unpaired) electrons. The summed E-state index contributed by atoms with van der Waals surface area (Å²) in [6.45, 7) is 3.11. The quantitative estimate of drug-likeness (QED) is 0.297. The van der Waals surface area contributed by atoms with E-state index in [9.17, 15) is 9.59 Å². The molecule has 6 nitrogen and oxygen atoms in total. The van der Waals surface area contributed by atoms with Gasteiger partial charge in [0.2, 0.25) is 5.91 Å². The fraction of sp³-hybridized carbons (Fsp3) is 0.300. The van der Waals surface area contributed by atoms with Crippen LogP contribution in [0.2, 0.25) is 5.02 Å². The number of benzene rings is 3. The molecule has 7 heteroatoms. The van der Waals surface area contributed by atoms with E-state index in [1.807, 2.05) is 83.8 Å². The first-order valence-corrected chi connectivity index (χ1v) is 13.1. The normalized spacial score (nSPS) is 16.5. The summed E-state index contributed by atoms with van der Waals surface area (Å²) < 4.78 is 7.33. The van der Waals surface area contributed by atoms with Gasteiger partial charge in [-0.25, -0.2) is 4.98 Å². The molecule has 0 unspecified atom stereocenters. The molecule has 4 aromatic rings. The van der Waals surface area contributed by atoms with Crippen LogP contribution >= 0.6 is 11.6 Å². The Morgan fingerprint density at radius 1 is 1.05 bits per heavy atom. The summed E-state index contributed by atoms with van der Waals surface area (Å²) in [6.07, 6.45) is 2.01. The third-order valence-electron chi connectivity index (χ3n) is 6.88. The molecule has 190 valence electrons. The minimum atomic E-state index is -0.622. The van der Waals surface area contributed by atoms with Crippen LogP contribution in [0.15, 0.2) is 78.9 Å². The van der Waals surface area contributed by atoms with Gasteiger partial charge in [-0.3, -0.25) is 9.59 Å². The van der Waals surface area contributed by atoms with Crippen molar-refractivity contribution < 1.29 is 14.3 Å². The number of carbonyl (C=O) groups is 2. The molecule has 1 fully saturated rings. The highest BCUT2D eigenvalue weighted by molar-refractivity contribution is 6.30. The highest BCUT2D eigenvalue weighted by Crippen LogP contribution is 2.31. The van der Waals surface area contributed by atoms with Gasteiger partial charge >= 0.3 is 5.97 Å². The predicted molar refractivity (Wildman–Crippen MR) is 145 cm³/mol. The van der Waals surface area contributed by atoms with Gasteiger partial charge < -0.3 is 14.2 Å². The lowest BCUT2D eigenvalue weighted by molar-refractivity contribution is -0.151. The van der Waals surface area contributed by atoms with Crippen molar-refractivity contribution in [2.45, 2.75) is 32.2 Å². The summed E-state index contributed by atoms with van der Waals surface area (Å²) in [5.74, 6) is 0.200. The Morgan fingerprint density at radius 3 is 2.62 bits per heavy atom. The molecule has 1 aliphatic heterocycles. The smallest absolute Gasteiger partial charge is 0.310 e. The SMILES string of the molecule is CCOC(=O)[C@@H]1CCCN(C(=O)[C@H](c2ccccc2)n2c(Cc3cccc(Cl)c3)nc3ccccc32)C1. The van der Waals surface area contributed by atoms with Gasteiger partial charge in [-0.05, 0) is 55.2 Å². The van der Waals surface area contributed by atoms with Crippen LogP contribution in [-0.2, 0) is 20.7 Å². The number of likely N-dealkylation sites (tertiary alicyclic amines) is 1. The number of halogens is 1. The number of carbonyl (C=O) groups excluding carboxylic acids is 2. The molecule has 0 spiro atoms. The number of fused-ring (bicyclic) bond motifs is 1. The number of aromatic nitrogens is 2. The van der Waals surface area contributed by atoms with Gasteiger partial charge in [0.25, 0.3) is 0 Å². The fourth-order valence-corrected chi connectivity index (χ4v) is 5.39. The van der Waals surface area contributed by atoms with Crippen molar-refractivity contribution >= 4 is 34.5 Å². The molecule has 3 aromatic carbocycles. The molecule has 1 saturated heterocycles. The van der Waals surface area contributed by atoms with Crippen molar-refractivity contribution in [2.75, 3.05) is 19.7 Å². The molecule has 1 aliphatic rings. The van der Waals surface area contributed by atoms with Crippen molar-refractivity contribution in [3.05, 3.63) is 101 Å². The standard InChI is InChI=1S/C30H30ClN3O3/c1-2-37-30(36)23-13-9-17-33(20-23)29(35)28(22-11-4-3-5-12-22)34-26-16-7-6-15-25(26)32-27(34)19-21-10-8-14-24(31)18-21/h3-8,10-12,14-16,18,23,28H,2,9,13,17,19-20H2,1H3/t23-,28+/m1/s1. The van der Waals surface area contributed by atoms with Gasteiger partial charge in [-0.2, -0.15) is 0 Å². The lowest BCUT2D eigenvalue weighted by Crippen LogP contribution is -2.46. The number of para-hydroxylation sites is 2. The van der Waals surface area contributed by atoms with E-state index >= 15 is 0 Å². The maximum Gasteiger partial charge on any atom is 0.310 e. The molecule has 0 aliphatic carbocycles. The molecule has 2 heterocycles. The Balaban J connectivity index is 1.59. The van der Waals surface area contributed by atoms with E-state index < -0.39 is 6.04 Å². The van der Waals surface area contributed by atoms with Crippen molar-refractivity contribution in [1.29, 1.82) is 0 Å². The maximum atomic E-state index is 14.3. The van der Waals surface area contributed by atoms with Crippen LogP contribution in [0.1, 0.15) is 42.8 Å². The first kappa shape index (κ1) is 25.0. The second-order valence-corrected chi connectivity index (χ2v) is 9.82. The summed E-state index contributed by atoms with van der Waals surface area (Å²) in [5, 5.41) is 0.661. The van der Waals surface area contributed by atoms with Crippen LogP contribution < -0.4 is 0 Å². The minimum absolute atomic E-state index is 0.0457. The van der Waals surface area contributed by atoms with Gasteiger partial charge in [0, 0.05) is 24.5 Å². The maximum absolute atomic E-state index is 14.3. The number of hydrogen-bond acceptors (Lipinski definition) is 4. The van der Waals surface area contributed by atoms with Crippen LogP contribution in [0.25, 0.3) is 11.0 Å². The summed E-state index contributed by atoms with van der Waals surface area (Å²) in [6, 6.07) is 24.8. The average Bonchev–Trinajstić information content (AvgIpc) is 3.27. The van der Waals surface area contributed by atoms with Gasteiger partial charge in [0.05, 0.1) is 23.6 Å². The summed E-state index contributed by atoms with van der Waals surface area (Å²) in [5.41, 5.74) is 3.61. The fourth-order valence-electron chi connectivity index (χ4n) is 5.18. The van der Waals surface area contributed by atoms with E-state index in [0.717, 1.165) is 40.8 Å². The van der Waals surface area contributed by atoms with Gasteiger partial charge in [0.15, 0.2) is 0 Å². The number of hydrogen-bond donors (Lipinski definition) is 0. The summed E-state index contributed by atoms with van der Waals surface area (Å²) >= 11 is 6.28. The van der Waals surface area contributed by atoms with Gasteiger partial charge in [-0.1, -0.05) is 66.2 Å². The van der Waals surface area contributed by atoms with E-state index in [4.69, 9.17) is 21.3 Å². The van der Waals surface area contributed by atoms with Crippen molar-refractivity contribution in [2.24, 2.45) is 5.92 Å². The number of imidazole rings is 1. The Labute approximate surface area is 221 Å². The second-order valence-electron chi connectivity index (χ2n) is 9.38. The zero-order valence-corrected chi connectivity index (χ0v) is 21.6. The third-order valence-corrected chi connectivity index (χ3v) is 7.12. The zero-order chi connectivity index (χ0) is 25.8. The molecule has 37 heavy (non-hydrogen) atoms. The van der Waals surface area contributed by atoms with Crippen LogP contribution in [0.3, 0.4) is 0 Å². The van der Waals surface area contributed by atoms with Crippen molar-refractivity contribution in [3.63, 3.8) is 0 Å². The number of ether oxygens (including phenoxy) is 1. The molecular formula is C30H30ClN3O3. The van der Waals surface area contributed by atoms with E-state index in [1.54, 1.807) is 6.92 Å². The van der Waals surface area contributed by atoms with Crippen molar-refractivity contribution in [3.8, 4) is 0 Å². The van der Waals surface area contributed by atoms with E-state index in [2.05, 4.69) is 4.57 Å². The number of esters is 1. The molecule has 0 saturated carbocycles. The molecule has 1 amide bonds. The monoisotopic (exact) mass is 515 g/mol. The first-order chi connectivity index (χ1) is 18.0. The van der Waals surface area contributed by atoms with E-state index in [-0.39, 0.29) is 17.8 Å². The molecule has 2 atom stereocenters. The minimum Gasteiger partial charge on any atom is -0.466 e. The number of amides is 1. The lowest BCUT2D eigenvalue weighted by atomic mass is 9.96. The van der Waals surface area contributed by atoms with Crippen LogP contribution in [0, 0.1) is 5.92 Å². The molecule has 0 bridgehead atoms. The van der Waals surface area contributed by atoms with Crippen LogP contribution in [-0.4, -0.2) is 46.0 Å². The lowest BCUT2D eigenvalue weighted by Gasteiger charge is -2.35. The van der Waals surface area contributed by atoms with Gasteiger partial charge in [-0.15, -0.1) is 0 Å². The van der Waals surface area contributed by atoms with E-state index in [1.165, 1.54) is 0 Å². The molecule has 1 aromatic heterocycles.